The molecule has 0 aromatic rings. The number of esters is 1. The van der Waals surface area contributed by atoms with Gasteiger partial charge in [-0.3, -0.25) is 4.79 Å². The first kappa shape index (κ1) is 55.0. The Morgan fingerprint density at radius 1 is 0.407 bits per heavy atom. The van der Waals surface area contributed by atoms with Crippen LogP contribution in [0.3, 0.4) is 0 Å². The maximum absolute atomic E-state index is 12.2. The molecule has 0 radical (unpaired) electrons. The highest BCUT2D eigenvalue weighted by atomic mass is 16.6. The van der Waals surface area contributed by atoms with Crippen LogP contribution >= 0.6 is 0 Å². The summed E-state index contributed by atoms with van der Waals surface area (Å²) in [4.78, 5) is 12.2. The predicted octanol–water partition coefficient (Wildman–Crippen LogP) is 15.8. The van der Waals surface area contributed by atoms with Crippen molar-refractivity contribution >= 4 is 5.97 Å². The molecule has 0 aliphatic carbocycles. The van der Waals surface area contributed by atoms with Crippen molar-refractivity contribution in [1.82, 2.24) is 0 Å². The number of unbranched alkanes of at least 4 members (excludes halogenated alkanes) is 6. The Bertz CT molecular complexity index is 1310. The molecule has 0 aromatic carbocycles. The van der Waals surface area contributed by atoms with Crippen molar-refractivity contribution in [3.8, 4) is 0 Å². The predicted molar refractivity (Wildman–Crippen MR) is 260 cm³/mol. The molecule has 0 saturated carbocycles. The second-order valence-electron chi connectivity index (χ2n) is 14.4. The van der Waals surface area contributed by atoms with Gasteiger partial charge in [0, 0.05) is 13.0 Å². The van der Waals surface area contributed by atoms with Crippen LogP contribution in [0.15, 0.2) is 158 Å². The number of hydrogen-bond acceptors (Lipinski definition) is 4. The summed E-state index contributed by atoms with van der Waals surface area (Å²) >= 11 is 0. The zero-order valence-corrected chi connectivity index (χ0v) is 37.4. The topological polar surface area (TPSA) is 55.8 Å². The van der Waals surface area contributed by atoms with Crippen molar-refractivity contribution in [3.05, 3.63) is 158 Å². The van der Waals surface area contributed by atoms with Crippen molar-refractivity contribution in [3.63, 3.8) is 0 Å². The number of hydrogen-bond donors (Lipinski definition) is 1. The Morgan fingerprint density at radius 2 is 0.712 bits per heavy atom. The molecule has 0 amide bonds. The lowest BCUT2D eigenvalue weighted by molar-refractivity contribution is -0.154. The van der Waals surface area contributed by atoms with E-state index in [4.69, 9.17) is 9.47 Å². The van der Waals surface area contributed by atoms with Gasteiger partial charge in [0.25, 0.3) is 0 Å². The molecule has 0 fully saturated rings. The van der Waals surface area contributed by atoms with Crippen LogP contribution in [0, 0.1) is 0 Å². The van der Waals surface area contributed by atoms with Gasteiger partial charge in [0.2, 0.25) is 0 Å². The molecule has 0 rings (SSSR count). The fourth-order valence-electron chi connectivity index (χ4n) is 5.49. The Kier molecular flexibility index (Phi) is 46.8. The molecule has 0 saturated heterocycles. The van der Waals surface area contributed by atoms with E-state index in [1.165, 1.54) is 0 Å². The van der Waals surface area contributed by atoms with Gasteiger partial charge in [-0.15, -0.1) is 0 Å². The summed E-state index contributed by atoms with van der Waals surface area (Å²) < 4.78 is 11.1. The molecule has 0 spiro atoms. The minimum absolute atomic E-state index is 0.213. The Balaban J connectivity index is 3.67. The molecule has 328 valence electrons. The van der Waals surface area contributed by atoms with E-state index in [1.54, 1.807) is 0 Å². The molecule has 0 heterocycles. The standard InChI is InChI=1S/C55H84O4/c1-3-5-7-9-11-13-15-17-19-21-23-25-27-29-31-33-35-37-39-41-43-45-47-49-51-58-53-54(52-56)59-55(57)50-48-46-44-42-40-38-36-34-32-30-28-26-24-22-20-18-16-14-12-10-8-6-4-2/h5-8,11-14,17-20,23-26,29-32,35-38,41,43,54,56H,3-4,9-10,15-16,21-22,27-28,33-34,39-40,42,44-53H2,1-2H3/b7-5-,8-6-,13-11-,14-12-,19-17-,20-18-,25-23-,26-24-,31-29-,32-30-,37-35-,38-36-,43-41-. The number of aliphatic hydroxyl groups excluding tert-OH is 1. The number of allylic oxidation sites excluding steroid dienone is 26. The monoisotopic (exact) mass is 809 g/mol. The second-order valence-corrected chi connectivity index (χ2v) is 14.4. The summed E-state index contributed by atoms with van der Waals surface area (Å²) in [7, 11) is 0. The smallest absolute Gasteiger partial charge is 0.306 e. The van der Waals surface area contributed by atoms with E-state index in [0.717, 1.165) is 135 Å². The first-order chi connectivity index (χ1) is 29.2. The average Bonchev–Trinajstić information content (AvgIpc) is 3.24. The van der Waals surface area contributed by atoms with Gasteiger partial charge in [-0.2, -0.15) is 0 Å². The number of rotatable bonds is 40. The van der Waals surface area contributed by atoms with Crippen molar-refractivity contribution in [1.29, 1.82) is 0 Å². The molecule has 4 heteroatoms. The van der Waals surface area contributed by atoms with Gasteiger partial charge in [0.1, 0.15) is 6.10 Å². The Hall–Kier alpha value is -3.99. The van der Waals surface area contributed by atoms with Crippen LogP contribution in [0.2, 0.25) is 0 Å². The van der Waals surface area contributed by atoms with E-state index in [2.05, 4.69) is 172 Å². The van der Waals surface area contributed by atoms with Gasteiger partial charge in [0.05, 0.1) is 13.2 Å². The number of carbonyl (C=O) groups excluding carboxylic acids is 1. The molecular formula is C55H84O4. The van der Waals surface area contributed by atoms with Gasteiger partial charge < -0.3 is 14.6 Å². The van der Waals surface area contributed by atoms with Crippen LogP contribution < -0.4 is 0 Å². The average molecular weight is 809 g/mol. The van der Waals surface area contributed by atoms with E-state index < -0.39 is 6.10 Å². The van der Waals surface area contributed by atoms with Crippen molar-refractivity contribution in [2.24, 2.45) is 0 Å². The Labute approximate surface area is 363 Å². The largest absolute Gasteiger partial charge is 0.457 e. The minimum atomic E-state index is -0.586. The highest BCUT2D eigenvalue weighted by molar-refractivity contribution is 5.69. The molecule has 1 N–H and O–H groups in total. The van der Waals surface area contributed by atoms with E-state index in [1.807, 2.05) is 0 Å². The fraction of sp³-hybridized carbons (Fsp3) is 0.509. The third-order valence-corrected chi connectivity index (χ3v) is 8.85. The zero-order valence-electron chi connectivity index (χ0n) is 37.4. The summed E-state index contributed by atoms with van der Waals surface area (Å²) in [6.45, 7) is 4.95. The van der Waals surface area contributed by atoms with Gasteiger partial charge in [0.15, 0.2) is 0 Å². The normalized spacial score (nSPS) is 13.9. The highest BCUT2D eigenvalue weighted by Gasteiger charge is 2.13. The van der Waals surface area contributed by atoms with Crippen LogP contribution in [-0.4, -0.2) is 37.0 Å². The molecule has 1 unspecified atom stereocenters. The summed E-state index contributed by atoms with van der Waals surface area (Å²) in [6.07, 6.45) is 78.8. The maximum atomic E-state index is 12.2. The fourth-order valence-corrected chi connectivity index (χ4v) is 5.49. The van der Waals surface area contributed by atoms with Gasteiger partial charge in [-0.05, 0) is 122 Å². The van der Waals surface area contributed by atoms with Crippen molar-refractivity contribution < 1.29 is 19.4 Å². The third-order valence-electron chi connectivity index (χ3n) is 8.85. The second kappa shape index (κ2) is 50.2. The lowest BCUT2D eigenvalue weighted by Gasteiger charge is -2.15. The molecule has 0 aromatic heterocycles. The first-order valence-electron chi connectivity index (χ1n) is 23.1. The van der Waals surface area contributed by atoms with Crippen molar-refractivity contribution in [2.45, 2.75) is 161 Å². The minimum Gasteiger partial charge on any atom is -0.457 e. The SMILES string of the molecule is CC/C=C\C/C=C\C/C=C\C/C=C\C/C=C\C/C=C\C/C=C\CCCCOCC(CO)OC(=O)CCCCCC/C=C\C/C=C\C/C=C\C/C=C\C/C=C\C/C=C\CC. The number of aliphatic hydroxyl groups is 1. The summed E-state index contributed by atoms with van der Waals surface area (Å²) in [5.74, 6) is -0.248. The summed E-state index contributed by atoms with van der Waals surface area (Å²) in [5.41, 5.74) is 0. The maximum Gasteiger partial charge on any atom is 0.306 e. The van der Waals surface area contributed by atoms with Crippen LogP contribution in [0.5, 0.6) is 0 Å². The lowest BCUT2D eigenvalue weighted by Crippen LogP contribution is -2.27. The first-order valence-corrected chi connectivity index (χ1v) is 23.1. The van der Waals surface area contributed by atoms with Gasteiger partial charge >= 0.3 is 5.97 Å². The van der Waals surface area contributed by atoms with E-state index in [0.29, 0.717) is 13.0 Å². The number of ether oxygens (including phenoxy) is 2. The molecule has 0 aliphatic rings. The molecule has 0 bridgehead atoms. The quantitative estimate of drug-likeness (QED) is 0.0381. The lowest BCUT2D eigenvalue weighted by atomic mass is 10.1. The van der Waals surface area contributed by atoms with Crippen LogP contribution in [-0.2, 0) is 14.3 Å². The van der Waals surface area contributed by atoms with E-state index >= 15 is 0 Å². The molecule has 59 heavy (non-hydrogen) atoms. The van der Waals surface area contributed by atoms with Crippen LogP contribution in [0.25, 0.3) is 0 Å². The molecule has 4 nitrogen and oxygen atoms in total. The molecule has 0 aliphatic heterocycles. The Morgan fingerprint density at radius 3 is 1.05 bits per heavy atom. The molecular weight excluding hydrogens is 725 g/mol. The van der Waals surface area contributed by atoms with E-state index in [-0.39, 0.29) is 19.2 Å². The molecule has 1 atom stereocenters. The highest BCUT2D eigenvalue weighted by Crippen LogP contribution is 2.09. The summed E-state index contributed by atoms with van der Waals surface area (Å²) in [5, 5.41) is 9.62. The number of carbonyl (C=O) groups is 1. The van der Waals surface area contributed by atoms with Crippen LogP contribution in [0.4, 0.5) is 0 Å². The summed E-state index contributed by atoms with van der Waals surface area (Å²) in [6, 6.07) is 0. The zero-order chi connectivity index (χ0) is 42.6. The van der Waals surface area contributed by atoms with E-state index in [9.17, 15) is 9.90 Å². The van der Waals surface area contributed by atoms with Gasteiger partial charge in [-0.25, -0.2) is 0 Å². The van der Waals surface area contributed by atoms with Crippen molar-refractivity contribution in [2.75, 3.05) is 19.8 Å². The van der Waals surface area contributed by atoms with Crippen LogP contribution in [0.1, 0.15) is 155 Å². The third kappa shape index (κ3) is 48.3. The van der Waals surface area contributed by atoms with Gasteiger partial charge in [-0.1, -0.05) is 185 Å².